The first-order valence-electron chi connectivity index (χ1n) is 7.10. The van der Waals surface area contributed by atoms with Gasteiger partial charge in [-0.15, -0.1) is 12.4 Å². The summed E-state index contributed by atoms with van der Waals surface area (Å²) in [4.78, 5) is 24.2. The highest BCUT2D eigenvalue weighted by molar-refractivity contribution is 5.98. The van der Waals surface area contributed by atoms with E-state index in [1.54, 1.807) is 0 Å². The molecule has 1 aromatic rings. The van der Waals surface area contributed by atoms with Gasteiger partial charge in [0.2, 0.25) is 0 Å². The van der Waals surface area contributed by atoms with Crippen LogP contribution in [0.5, 0.6) is 0 Å². The fourth-order valence-corrected chi connectivity index (χ4v) is 2.12. The molecule has 1 rings (SSSR count). The molecule has 6 nitrogen and oxygen atoms in total. The first-order chi connectivity index (χ1) is 10.1. The molecule has 1 unspecified atom stereocenters. The van der Waals surface area contributed by atoms with Crippen LogP contribution in [0.4, 0.5) is 10.1 Å². The maximum atomic E-state index is 13.5. The van der Waals surface area contributed by atoms with E-state index in [0.29, 0.717) is 13.0 Å². The van der Waals surface area contributed by atoms with Crippen LogP contribution in [0, 0.1) is 28.8 Å². The van der Waals surface area contributed by atoms with Gasteiger partial charge in [0.1, 0.15) is 11.4 Å². The maximum absolute atomic E-state index is 13.5. The SMILES string of the molecule is Cc1cc(F)cc(C(=O)N(C)CCC(N)C(C)C)c1[N+](=O)[O-].Cl. The van der Waals surface area contributed by atoms with Gasteiger partial charge < -0.3 is 10.6 Å². The smallest absolute Gasteiger partial charge is 0.285 e. The Morgan fingerprint density at radius 1 is 1.43 bits per heavy atom. The lowest BCUT2D eigenvalue weighted by atomic mass is 10.0. The number of nitro benzene ring substituents is 1. The van der Waals surface area contributed by atoms with Crippen molar-refractivity contribution in [2.24, 2.45) is 11.7 Å². The fraction of sp³-hybridized carbons (Fsp3) is 0.533. The number of aryl methyl sites for hydroxylation is 1. The lowest BCUT2D eigenvalue weighted by Crippen LogP contribution is -2.35. The molecule has 0 aliphatic heterocycles. The molecule has 0 aliphatic carbocycles. The van der Waals surface area contributed by atoms with Gasteiger partial charge in [-0.25, -0.2) is 4.39 Å². The van der Waals surface area contributed by atoms with E-state index in [-0.39, 0.29) is 41.2 Å². The second-order valence-corrected chi connectivity index (χ2v) is 5.80. The quantitative estimate of drug-likeness (QED) is 0.632. The van der Waals surface area contributed by atoms with Crippen molar-refractivity contribution in [1.29, 1.82) is 0 Å². The highest BCUT2D eigenvalue weighted by Gasteiger charge is 2.26. The summed E-state index contributed by atoms with van der Waals surface area (Å²) in [5.74, 6) is -0.974. The summed E-state index contributed by atoms with van der Waals surface area (Å²) < 4.78 is 13.5. The lowest BCUT2D eigenvalue weighted by molar-refractivity contribution is -0.385. The monoisotopic (exact) mass is 347 g/mol. The summed E-state index contributed by atoms with van der Waals surface area (Å²) >= 11 is 0. The molecule has 0 radical (unpaired) electrons. The summed E-state index contributed by atoms with van der Waals surface area (Å²) in [5, 5.41) is 11.1. The predicted octanol–water partition coefficient (Wildman–Crippen LogP) is 2.91. The molecule has 2 N–H and O–H groups in total. The Morgan fingerprint density at radius 2 is 2.00 bits per heavy atom. The second kappa shape index (κ2) is 8.79. The molecule has 1 aromatic carbocycles. The molecule has 0 aromatic heterocycles. The Hall–Kier alpha value is -1.73. The van der Waals surface area contributed by atoms with Crippen molar-refractivity contribution < 1.29 is 14.1 Å². The van der Waals surface area contributed by atoms with Gasteiger partial charge in [-0.05, 0) is 31.4 Å². The van der Waals surface area contributed by atoms with Gasteiger partial charge in [0.05, 0.1) is 4.92 Å². The van der Waals surface area contributed by atoms with Gasteiger partial charge in [-0.2, -0.15) is 0 Å². The van der Waals surface area contributed by atoms with E-state index in [9.17, 15) is 19.3 Å². The standard InChI is InChI=1S/C15H22FN3O3.ClH/c1-9(2)13(17)5-6-18(4)15(20)12-8-11(16)7-10(3)14(12)19(21)22;/h7-9,13H,5-6,17H2,1-4H3;1H. The summed E-state index contributed by atoms with van der Waals surface area (Å²) in [6, 6.07) is 1.88. The number of carbonyl (C=O) groups excluding carboxylic acids is 1. The summed E-state index contributed by atoms with van der Waals surface area (Å²) in [6.45, 7) is 5.72. The second-order valence-electron chi connectivity index (χ2n) is 5.80. The van der Waals surface area contributed by atoms with Crippen molar-refractivity contribution in [3.05, 3.63) is 39.2 Å². The van der Waals surface area contributed by atoms with Crippen molar-refractivity contribution in [2.75, 3.05) is 13.6 Å². The number of hydrogen-bond acceptors (Lipinski definition) is 4. The maximum Gasteiger partial charge on any atom is 0.285 e. The van der Waals surface area contributed by atoms with E-state index >= 15 is 0 Å². The Kier molecular flexibility index (Phi) is 8.12. The minimum atomic E-state index is -0.668. The Morgan fingerprint density at radius 3 is 2.48 bits per heavy atom. The molecule has 0 aliphatic rings. The van der Waals surface area contributed by atoms with Crippen LogP contribution in [-0.4, -0.2) is 35.4 Å². The fourth-order valence-electron chi connectivity index (χ4n) is 2.12. The van der Waals surface area contributed by atoms with Crippen molar-refractivity contribution in [2.45, 2.75) is 33.2 Å². The third kappa shape index (κ3) is 5.44. The zero-order chi connectivity index (χ0) is 17.0. The molecule has 0 heterocycles. The van der Waals surface area contributed by atoms with Gasteiger partial charge in [0, 0.05) is 25.2 Å². The highest BCUT2D eigenvalue weighted by Crippen LogP contribution is 2.26. The number of hydrogen-bond donors (Lipinski definition) is 1. The van der Waals surface area contributed by atoms with E-state index < -0.39 is 16.6 Å². The zero-order valence-electron chi connectivity index (χ0n) is 13.7. The Bertz CT molecular complexity index is 581. The predicted molar refractivity (Wildman–Crippen MR) is 89.4 cm³/mol. The largest absolute Gasteiger partial charge is 0.341 e. The van der Waals surface area contributed by atoms with Crippen LogP contribution in [0.25, 0.3) is 0 Å². The topological polar surface area (TPSA) is 89.5 Å². The van der Waals surface area contributed by atoms with E-state index in [0.717, 1.165) is 12.1 Å². The van der Waals surface area contributed by atoms with E-state index in [4.69, 9.17) is 5.73 Å². The molecule has 130 valence electrons. The van der Waals surface area contributed by atoms with Crippen molar-refractivity contribution in [3.63, 3.8) is 0 Å². The molecule has 8 heteroatoms. The van der Waals surface area contributed by atoms with Crippen LogP contribution in [0.2, 0.25) is 0 Å². The minimum absolute atomic E-state index is 0. The van der Waals surface area contributed by atoms with Gasteiger partial charge in [-0.1, -0.05) is 13.8 Å². The van der Waals surface area contributed by atoms with Crippen LogP contribution >= 0.6 is 12.4 Å². The third-order valence-corrected chi connectivity index (χ3v) is 3.68. The molecule has 0 fully saturated rings. The van der Waals surface area contributed by atoms with Crippen LogP contribution in [0.3, 0.4) is 0 Å². The zero-order valence-corrected chi connectivity index (χ0v) is 14.5. The molecule has 1 amide bonds. The van der Waals surface area contributed by atoms with Crippen molar-refractivity contribution >= 4 is 24.0 Å². The molecule has 1 atom stereocenters. The van der Waals surface area contributed by atoms with Gasteiger partial charge >= 0.3 is 0 Å². The number of carbonyl (C=O) groups is 1. The van der Waals surface area contributed by atoms with Crippen molar-refractivity contribution in [3.8, 4) is 0 Å². The molecule has 0 saturated heterocycles. The normalized spacial score (nSPS) is 11.8. The summed E-state index contributed by atoms with van der Waals surface area (Å²) in [5.41, 5.74) is 5.46. The molecule has 0 bridgehead atoms. The van der Waals surface area contributed by atoms with Crippen molar-refractivity contribution in [1.82, 2.24) is 4.90 Å². The van der Waals surface area contributed by atoms with Crippen LogP contribution in [0.1, 0.15) is 36.2 Å². The number of amides is 1. The molecular formula is C15H23ClFN3O3. The average Bonchev–Trinajstić information content (AvgIpc) is 2.41. The van der Waals surface area contributed by atoms with Crippen LogP contribution in [-0.2, 0) is 0 Å². The van der Waals surface area contributed by atoms with Gasteiger partial charge in [0.25, 0.3) is 11.6 Å². The average molecular weight is 348 g/mol. The van der Waals surface area contributed by atoms with Crippen LogP contribution < -0.4 is 5.73 Å². The number of rotatable bonds is 6. The number of nitrogens with two attached hydrogens (primary N) is 1. The van der Waals surface area contributed by atoms with Gasteiger partial charge in [-0.3, -0.25) is 14.9 Å². The number of nitro groups is 1. The summed E-state index contributed by atoms with van der Waals surface area (Å²) in [7, 11) is 1.53. The first kappa shape index (κ1) is 21.3. The minimum Gasteiger partial charge on any atom is -0.341 e. The lowest BCUT2D eigenvalue weighted by Gasteiger charge is -2.21. The highest BCUT2D eigenvalue weighted by atomic mass is 35.5. The molecule has 0 spiro atoms. The van der Waals surface area contributed by atoms with E-state index in [2.05, 4.69) is 0 Å². The number of benzene rings is 1. The molecular weight excluding hydrogens is 325 g/mol. The third-order valence-electron chi connectivity index (χ3n) is 3.68. The summed E-state index contributed by atoms with van der Waals surface area (Å²) in [6.07, 6.45) is 0.571. The van der Waals surface area contributed by atoms with E-state index in [1.165, 1.54) is 18.9 Å². The van der Waals surface area contributed by atoms with E-state index in [1.807, 2.05) is 13.8 Å². The van der Waals surface area contributed by atoms with Crippen LogP contribution in [0.15, 0.2) is 12.1 Å². The Labute approximate surface area is 141 Å². The number of halogens is 2. The molecule has 23 heavy (non-hydrogen) atoms. The Balaban J connectivity index is 0.00000484. The van der Waals surface area contributed by atoms with Gasteiger partial charge in [0.15, 0.2) is 0 Å². The number of nitrogens with zero attached hydrogens (tertiary/aromatic N) is 2. The molecule has 0 saturated carbocycles. The first-order valence-corrected chi connectivity index (χ1v) is 7.10.